The van der Waals surface area contributed by atoms with E-state index in [9.17, 15) is 4.79 Å². The van der Waals surface area contributed by atoms with Crippen molar-refractivity contribution < 1.29 is 14.6 Å². The predicted molar refractivity (Wildman–Crippen MR) is 73.0 cm³/mol. The average Bonchev–Trinajstić information content (AvgIpc) is 2.73. The second-order valence-electron chi connectivity index (χ2n) is 4.89. The number of aromatic amines is 1. The SMILES string of the molecule is COc1cc2c3c([nH]c2cc1Cl)CC(C(=O)O)CC3. The zero-order valence-electron chi connectivity index (χ0n) is 10.5. The largest absolute Gasteiger partial charge is 0.495 e. The first-order valence-corrected chi connectivity index (χ1v) is 6.57. The molecule has 1 aliphatic carbocycles. The normalized spacial score (nSPS) is 18.3. The van der Waals surface area contributed by atoms with Gasteiger partial charge in [0, 0.05) is 23.0 Å². The third-order valence-electron chi connectivity index (χ3n) is 3.81. The molecule has 2 aromatic rings. The summed E-state index contributed by atoms with van der Waals surface area (Å²) < 4.78 is 5.23. The summed E-state index contributed by atoms with van der Waals surface area (Å²) in [4.78, 5) is 14.4. The number of halogens is 1. The molecule has 0 aliphatic heterocycles. The second-order valence-corrected chi connectivity index (χ2v) is 5.30. The topological polar surface area (TPSA) is 62.3 Å². The lowest BCUT2D eigenvalue weighted by Gasteiger charge is -2.18. The Labute approximate surface area is 115 Å². The van der Waals surface area contributed by atoms with Gasteiger partial charge < -0.3 is 14.8 Å². The molecule has 0 bridgehead atoms. The van der Waals surface area contributed by atoms with Gasteiger partial charge in [0.05, 0.1) is 18.1 Å². The summed E-state index contributed by atoms with van der Waals surface area (Å²) >= 11 is 6.11. The lowest BCUT2D eigenvalue weighted by atomic mass is 9.87. The summed E-state index contributed by atoms with van der Waals surface area (Å²) in [7, 11) is 1.59. The van der Waals surface area contributed by atoms with E-state index in [1.165, 1.54) is 5.56 Å². The maximum absolute atomic E-state index is 11.1. The first kappa shape index (κ1) is 12.4. The monoisotopic (exact) mass is 279 g/mol. The number of H-pyrrole nitrogens is 1. The van der Waals surface area contributed by atoms with Crippen LogP contribution in [0.3, 0.4) is 0 Å². The van der Waals surface area contributed by atoms with Gasteiger partial charge >= 0.3 is 5.97 Å². The van der Waals surface area contributed by atoms with Crippen LogP contribution in [-0.2, 0) is 17.6 Å². The summed E-state index contributed by atoms with van der Waals surface area (Å²) in [6.45, 7) is 0. The van der Waals surface area contributed by atoms with E-state index >= 15 is 0 Å². The number of hydrogen-bond acceptors (Lipinski definition) is 2. The van der Waals surface area contributed by atoms with E-state index < -0.39 is 5.97 Å². The van der Waals surface area contributed by atoms with Crippen LogP contribution in [0.1, 0.15) is 17.7 Å². The van der Waals surface area contributed by atoms with Crippen LogP contribution in [0, 0.1) is 5.92 Å². The highest BCUT2D eigenvalue weighted by atomic mass is 35.5. The van der Waals surface area contributed by atoms with Gasteiger partial charge in [-0.05, 0) is 30.5 Å². The number of aryl methyl sites for hydroxylation is 1. The average molecular weight is 280 g/mol. The molecule has 19 heavy (non-hydrogen) atoms. The van der Waals surface area contributed by atoms with E-state index in [0.29, 0.717) is 23.6 Å². The predicted octanol–water partition coefficient (Wildman–Crippen LogP) is 3.02. The third-order valence-corrected chi connectivity index (χ3v) is 4.10. The number of nitrogens with one attached hydrogen (secondary N) is 1. The highest BCUT2D eigenvalue weighted by molar-refractivity contribution is 6.32. The highest BCUT2D eigenvalue weighted by Gasteiger charge is 2.27. The second kappa shape index (κ2) is 4.46. The van der Waals surface area contributed by atoms with Crippen LogP contribution in [0.2, 0.25) is 5.02 Å². The molecule has 1 unspecified atom stereocenters. The number of carboxylic acids is 1. The molecule has 3 rings (SSSR count). The Balaban J connectivity index is 2.11. The van der Waals surface area contributed by atoms with Crippen molar-refractivity contribution in [3.05, 3.63) is 28.4 Å². The molecular formula is C14H14ClNO3. The van der Waals surface area contributed by atoms with Crippen molar-refractivity contribution in [2.45, 2.75) is 19.3 Å². The Morgan fingerprint density at radius 1 is 1.53 bits per heavy atom. The third kappa shape index (κ3) is 1.96. The van der Waals surface area contributed by atoms with Gasteiger partial charge in [0.1, 0.15) is 5.75 Å². The van der Waals surface area contributed by atoms with E-state index in [2.05, 4.69) is 4.98 Å². The molecule has 0 saturated carbocycles. The summed E-state index contributed by atoms with van der Waals surface area (Å²) in [6.07, 6.45) is 2.01. The van der Waals surface area contributed by atoms with Crippen molar-refractivity contribution in [1.82, 2.24) is 4.98 Å². The standard InChI is InChI=1S/C14H14ClNO3/c1-19-13-5-9-8-3-2-7(14(17)18)4-11(8)16-12(9)6-10(13)15/h5-7,16H,2-4H2,1H3,(H,17,18). The number of benzene rings is 1. The number of methoxy groups -OCH3 is 1. The fraction of sp³-hybridized carbons (Fsp3) is 0.357. The van der Waals surface area contributed by atoms with Gasteiger partial charge in [-0.15, -0.1) is 0 Å². The van der Waals surface area contributed by atoms with Crippen molar-refractivity contribution >= 4 is 28.5 Å². The van der Waals surface area contributed by atoms with Crippen molar-refractivity contribution in [3.8, 4) is 5.75 Å². The number of fused-ring (bicyclic) bond motifs is 3. The smallest absolute Gasteiger partial charge is 0.306 e. The van der Waals surface area contributed by atoms with Gasteiger partial charge in [-0.2, -0.15) is 0 Å². The number of carboxylic acid groups (broad SMARTS) is 1. The van der Waals surface area contributed by atoms with Gasteiger partial charge in [-0.25, -0.2) is 0 Å². The van der Waals surface area contributed by atoms with Crippen molar-refractivity contribution in [2.75, 3.05) is 7.11 Å². The molecule has 4 nitrogen and oxygen atoms in total. The van der Waals surface area contributed by atoms with Crippen molar-refractivity contribution in [1.29, 1.82) is 0 Å². The molecule has 0 spiro atoms. The van der Waals surface area contributed by atoms with Crippen LogP contribution >= 0.6 is 11.6 Å². The van der Waals surface area contributed by atoms with Crippen LogP contribution in [0.25, 0.3) is 10.9 Å². The quantitative estimate of drug-likeness (QED) is 0.888. The number of aliphatic carboxylic acids is 1. The summed E-state index contributed by atoms with van der Waals surface area (Å²) in [5.41, 5.74) is 3.15. The molecule has 0 radical (unpaired) electrons. The summed E-state index contributed by atoms with van der Waals surface area (Å²) in [5.74, 6) is -0.367. The van der Waals surface area contributed by atoms with Gasteiger partial charge in [0.25, 0.3) is 0 Å². The molecule has 0 amide bonds. The Hall–Kier alpha value is -1.68. The Kier molecular flexibility index (Phi) is 2.90. The van der Waals surface area contributed by atoms with Gasteiger partial charge in [-0.1, -0.05) is 11.6 Å². The summed E-state index contributed by atoms with van der Waals surface area (Å²) in [5, 5.41) is 10.8. The van der Waals surface area contributed by atoms with E-state index in [1.807, 2.05) is 12.1 Å². The maximum Gasteiger partial charge on any atom is 0.306 e. The molecule has 0 fully saturated rings. The number of ether oxygens (including phenoxy) is 1. The van der Waals surface area contributed by atoms with Crippen LogP contribution in [-0.4, -0.2) is 23.2 Å². The fourth-order valence-electron chi connectivity index (χ4n) is 2.80. The zero-order valence-corrected chi connectivity index (χ0v) is 11.3. The minimum Gasteiger partial charge on any atom is -0.495 e. The maximum atomic E-state index is 11.1. The molecule has 1 aromatic heterocycles. The van der Waals surface area contributed by atoms with E-state index in [4.69, 9.17) is 21.4 Å². The van der Waals surface area contributed by atoms with Gasteiger partial charge in [0.15, 0.2) is 0 Å². The fourth-order valence-corrected chi connectivity index (χ4v) is 3.04. The minimum absolute atomic E-state index is 0.294. The Morgan fingerprint density at radius 3 is 3.00 bits per heavy atom. The minimum atomic E-state index is -0.722. The van der Waals surface area contributed by atoms with Crippen molar-refractivity contribution in [2.24, 2.45) is 5.92 Å². The molecule has 1 aliphatic rings. The molecule has 1 atom stereocenters. The van der Waals surface area contributed by atoms with Gasteiger partial charge in [0.2, 0.25) is 0 Å². The molecular weight excluding hydrogens is 266 g/mol. The molecule has 1 aromatic carbocycles. The number of hydrogen-bond donors (Lipinski definition) is 2. The van der Waals surface area contributed by atoms with Crippen LogP contribution in [0.5, 0.6) is 5.75 Å². The van der Waals surface area contributed by atoms with E-state index in [1.54, 1.807) is 7.11 Å². The first-order valence-electron chi connectivity index (χ1n) is 6.20. The van der Waals surface area contributed by atoms with E-state index in [-0.39, 0.29) is 5.92 Å². The molecule has 2 N–H and O–H groups in total. The first-order chi connectivity index (χ1) is 9.10. The Morgan fingerprint density at radius 2 is 2.32 bits per heavy atom. The van der Waals surface area contributed by atoms with E-state index in [0.717, 1.165) is 23.0 Å². The van der Waals surface area contributed by atoms with Crippen LogP contribution in [0.4, 0.5) is 0 Å². The lowest BCUT2D eigenvalue weighted by molar-refractivity contribution is -0.142. The molecule has 100 valence electrons. The molecule has 0 saturated heterocycles. The van der Waals surface area contributed by atoms with Gasteiger partial charge in [-0.3, -0.25) is 4.79 Å². The van der Waals surface area contributed by atoms with Crippen molar-refractivity contribution in [3.63, 3.8) is 0 Å². The Bertz CT molecular complexity index is 662. The van der Waals surface area contributed by atoms with Crippen LogP contribution in [0.15, 0.2) is 12.1 Å². The molecule has 1 heterocycles. The number of rotatable bonds is 2. The number of carbonyl (C=O) groups is 1. The number of aromatic nitrogens is 1. The lowest BCUT2D eigenvalue weighted by Crippen LogP contribution is -2.21. The van der Waals surface area contributed by atoms with Crippen LogP contribution < -0.4 is 4.74 Å². The summed E-state index contributed by atoms with van der Waals surface area (Å²) in [6, 6.07) is 3.76. The highest BCUT2D eigenvalue weighted by Crippen LogP contribution is 2.36. The zero-order chi connectivity index (χ0) is 13.6. The molecule has 5 heteroatoms.